The Labute approximate surface area is 124 Å². The van der Waals surface area contributed by atoms with Gasteiger partial charge in [0.1, 0.15) is 0 Å². The van der Waals surface area contributed by atoms with Crippen LogP contribution in [-0.4, -0.2) is 28.8 Å². The summed E-state index contributed by atoms with van der Waals surface area (Å²) >= 11 is 11.9. The lowest BCUT2D eigenvalue weighted by molar-refractivity contribution is 0.0602. The summed E-state index contributed by atoms with van der Waals surface area (Å²) in [5.41, 5.74) is 0.707. The van der Waals surface area contributed by atoms with Crippen molar-refractivity contribution in [2.75, 3.05) is 6.54 Å². The lowest BCUT2D eigenvalue weighted by Crippen LogP contribution is -2.44. The van der Waals surface area contributed by atoms with Crippen molar-refractivity contribution in [1.29, 1.82) is 0 Å². The summed E-state index contributed by atoms with van der Waals surface area (Å²) in [6.45, 7) is 2.82. The molecule has 0 bridgehead atoms. The Bertz CT molecular complexity index is 430. The summed E-state index contributed by atoms with van der Waals surface area (Å²) in [4.78, 5) is 14.5. The number of alkyl halides is 1. The zero-order valence-corrected chi connectivity index (χ0v) is 12.6. The molecule has 4 heteroatoms. The fourth-order valence-corrected chi connectivity index (χ4v) is 2.98. The molecule has 0 aromatic heterocycles. The largest absolute Gasteiger partial charge is 0.336 e. The molecule has 104 valence electrons. The predicted octanol–water partition coefficient (Wildman–Crippen LogP) is 4.35. The van der Waals surface area contributed by atoms with Crippen LogP contribution in [0.4, 0.5) is 0 Å². The second kappa shape index (κ2) is 6.62. The first-order valence-electron chi connectivity index (χ1n) is 6.78. The molecule has 2 unspecified atom stereocenters. The van der Waals surface area contributed by atoms with Crippen molar-refractivity contribution in [3.8, 4) is 0 Å². The smallest absolute Gasteiger partial charge is 0.254 e. The minimum absolute atomic E-state index is 0.0960. The first kappa shape index (κ1) is 14.7. The molecule has 1 aliphatic rings. The van der Waals surface area contributed by atoms with Crippen LogP contribution in [0.2, 0.25) is 5.02 Å². The van der Waals surface area contributed by atoms with E-state index in [1.54, 1.807) is 24.3 Å². The topological polar surface area (TPSA) is 20.3 Å². The van der Waals surface area contributed by atoms with Crippen LogP contribution in [-0.2, 0) is 0 Å². The van der Waals surface area contributed by atoms with E-state index in [1.807, 2.05) is 11.8 Å². The van der Waals surface area contributed by atoms with Gasteiger partial charge in [0.25, 0.3) is 5.91 Å². The number of hydrogen-bond donors (Lipinski definition) is 0. The molecular formula is C15H19Cl2NO. The normalized spacial score (nSPS) is 21.2. The summed E-state index contributed by atoms with van der Waals surface area (Å²) in [5, 5.41) is 0.754. The third kappa shape index (κ3) is 3.87. The molecule has 0 radical (unpaired) electrons. The summed E-state index contributed by atoms with van der Waals surface area (Å²) in [5.74, 6) is 0.0960. The maximum Gasteiger partial charge on any atom is 0.254 e. The van der Waals surface area contributed by atoms with Crippen LogP contribution >= 0.6 is 23.2 Å². The molecule has 1 aromatic carbocycles. The van der Waals surface area contributed by atoms with Crippen molar-refractivity contribution in [2.24, 2.45) is 0 Å². The van der Waals surface area contributed by atoms with Crippen molar-refractivity contribution in [3.63, 3.8) is 0 Å². The van der Waals surface area contributed by atoms with E-state index in [4.69, 9.17) is 23.2 Å². The predicted molar refractivity (Wildman–Crippen MR) is 80.1 cm³/mol. The molecule has 19 heavy (non-hydrogen) atoms. The van der Waals surface area contributed by atoms with Gasteiger partial charge in [0, 0.05) is 28.5 Å². The van der Waals surface area contributed by atoms with E-state index < -0.39 is 0 Å². The highest BCUT2D eigenvalue weighted by molar-refractivity contribution is 6.30. The minimum Gasteiger partial charge on any atom is -0.336 e. The molecule has 1 heterocycles. The molecular weight excluding hydrogens is 281 g/mol. The number of nitrogens with zero attached hydrogens (tertiary/aromatic N) is 1. The van der Waals surface area contributed by atoms with Crippen LogP contribution in [0.15, 0.2) is 24.3 Å². The molecule has 1 aromatic rings. The van der Waals surface area contributed by atoms with Gasteiger partial charge in [-0.3, -0.25) is 4.79 Å². The van der Waals surface area contributed by atoms with E-state index in [0.29, 0.717) is 10.6 Å². The van der Waals surface area contributed by atoms with Gasteiger partial charge in [-0.2, -0.15) is 0 Å². The molecule has 1 amide bonds. The summed E-state index contributed by atoms with van der Waals surface area (Å²) < 4.78 is 0. The summed E-state index contributed by atoms with van der Waals surface area (Å²) in [6, 6.07) is 7.38. The Morgan fingerprint density at radius 3 is 2.68 bits per heavy atom. The first-order valence-corrected chi connectivity index (χ1v) is 7.60. The number of likely N-dealkylation sites (tertiary alicyclic amines) is 1. The second-order valence-corrected chi connectivity index (χ2v) is 6.35. The van der Waals surface area contributed by atoms with E-state index in [-0.39, 0.29) is 17.3 Å². The van der Waals surface area contributed by atoms with Crippen LogP contribution in [0.3, 0.4) is 0 Å². The Morgan fingerprint density at radius 1 is 1.37 bits per heavy atom. The second-order valence-electron chi connectivity index (χ2n) is 5.17. The van der Waals surface area contributed by atoms with Crippen LogP contribution in [0.1, 0.15) is 43.0 Å². The number of hydrogen-bond acceptors (Lipinski definition) is 1. The summed E-state index contributed by atoms with van der Waals surface area (Å²) in [7, 11) is 0. The van der Waals surface area contributed by atoms with Crippen LogP contribution in [0, 0.1) is 0 Å². The molecule has 0 spiro atoms. The number of carbonyl (C=O) groups excluding carboxylic acids is 1. The Balaban J connectivity index is 2.12. The van der Waals surface area contributed by atoms with Gasteiger partial charge in [-0.25, -0.2) is 0 Å². The van der Waals surface area contributed by atoms with Gasteiger partial charge >= 0.3 is 0 Å². The molecule has 2 rings (SSSR count). The Kier molecular flexibility index (Phi) is 5.12. The van der Waals surface area contributed by atoms with Crippen LogP contribution < -0.4 is 0 Å². The fourth-order valence-electron chi connectivity index (χ4n) is 2.65. The number of benzene rings is 1. The first-order chi connectivity index (χ1) is 9.08. The fraction of sp³-hybridized carbons (Fsp3) is 0.533. The summed E-state index contributed by atoms with van der Waals surface area (Å²) in [6.07, 6.45) is 4.17. The third-order valence-electron chi connectivity index (χ3n) is 3.58. The average molecular weight is 300 g/mol. The van der Waals surface area contributed by atoms with E-state index >= 15 is 0 Å². The minimum atomic E-state index is 0.0960. The number of amides is 1. The molecule has 0 N–H and O–H groups in total. The zero-order valence-electron chi connectivity index (χ0n) is 11.1. The van der Waals surface area contributed by atoms with E-state index in [2.05, 4.69) is 0 Å². The van der Waals surface area contributed by atoms with Gasteiger partial charge in [0.15, 0.2) is 0 Å². The van der Waals surface area contributed by atoms with E-state index in [9.17, 15) is 4.79 Å². The number of carbonyl (C=O) groups is 1. The molecule has 2 atom stereocenters. The lowest BCUT2D eigenvalue weighted by atomic mass is 9.97. The van der Waals surface area contributed by atoms with Gasteiger partial charge in [0.2, 0.25) is 0 Å². The molecule has 0 saturated carbocycles. The van der Waals surface area contributed by atoms with Crippen molar-refractivity contribution in [2.45, 2.75) is 44.0 Å². The Hall–Kier alpha value is -0.730. The van der Waals surface area contributed by atoms with Crippen molar-refractivity contribution in [1.82, 2.24) is 4.90 Å². The highest BCUT2D eigenvalue weighted by Crippen LogP contribution is 2.24. The Morgan fingerprint density at radius 2 is 2.05 bits per heavy atom. The zero-order chi connectivity index (χ0) is 13.8. The van der Waals surface area contributed by atoms with Crippen molar-refractivity contribution in [3.05, 3.63) is 34.9 Å². The maximum absolute atomic E-state index is 12.5. The van der Waals surface area contributed by atoms with Gasteiger partial charge in [-0.1, -0.05) is 11.6 Å². The quantitative estimate of drug-likeness (QED) is 0.760. The molecule has 1 aliphatic heterocycles. The van der Waals surface area contributed by atoms with Crippen LogP contribution in [0.5, 0.6) is 0 Å². The highest BCUT2D eigenvalue weighted by atomic mass is 35.5. The van der Waals surface area contributed by atoms with Gasteiger partial charge in [-0.15, -0.1) is 11.6 Å². The van der Waals surface area contributed by atoms with Crippen LogP contribution in [0.25, 0.3) is 0 Å². The maximum atomic E-state index is 12.5. The molecule has 2 nitrogen and oxygen atoms in total. The van der Waals surface area contributed by atoms with E-state index in [0.717, 1.165) is 25.8 Å². The number of piperidine rings is 1. The third-order valence-corrected chi connectivity index (χ3v) is 4.01. The van der Waals surface area contributed by atoms with Crippen molar-refractivity contribution < 1.29 is 4.79 Å². The number of halogens is 2. The van der Waals surface area contributed by atoms with Gasteiger partial charge in [0.05, 0.1) is 0 Å². The monoisotopic (exact) mass is 299 g/mol. The average Bonchev–Trinajstić information content (AvgIpc) is 2.39. The van der Waals surface area contributed by atoms with Gasteiger partial charge in [-0.05, 0) is 56.9 Å². The van der Waals surface area contributed by atoms with E-state index in [1.165, 1.54) is 6.42 Å². The highest BCUT2D eigenvalue weighted by Gasteiger charge is 2.28. The SMILES string of the molecule is CC(Cl)CC1CCCCN1C(=O)c1ccc(Cl)cc1. The standard InChI is InChI=1S/C15H19Cl2NO/c1-11(16)10-14-4-2-3-9-18(14)15(19)12-5-7-13(17)8-6-12/h5-8,11,14H,2-4,9-10H2,1H3. The molecule has 1 fully saturated rings. The van der Waals surface area contributed by atoms with Crippen molar-refractivity contribution >= 4 is 29.1 Å². The molecule has 0 aliphatic carbocycles. The van der Waals surface area contributed by atoms with Gasteiger partial charge < -0.3 is 4.90 Å². The lowest BCUT2D eigenvalue weighted by Gasteiger charge is -2.36. The molecule has 1 saturated heterocycles. The number of rotatable bonds is 3.